The van der Waals surface area contributed by atoms with Crippen molar-refractivity contribution >= 4 is 6.29 Å². The highest BCUT2D eigenvalue weighted by molar-refractivity contribution is 5.81. The maximum atomic E-state index is 11.0. The Balaban J connectivity index is 2.65. The van der Waals surface area contributed by atoms with E-state index in [1.807, 2.05) is 31.2 Å². The Labute approximate surface area is 102 Å². The van der Waals surface area contributed by atoms with Crippen LogP contribution >= 0.6 is 0 Å². The molecule has 0 saturated carbocycles. The van der Waals surface area contributed by atoms with Crippen LogP contribution in [0.5, 0.6) is 0 Å². The van der Waals surface area contributed by atoms with Crippen LogP contribution < -0.4 is 0 Å². The van der Waals surface area contributed by atoms with Crippen LogP contribution in [0.15, 0.2) is 36.4 Å². The highest BCUT2D eigenvalue weighted by Crippen LogP contribution is 2.28. The average Bonchev–Trinajstić information content (AvgIpc) is 2.67. The Hall–Kier alpha value is -1.83. The molecule has 0 radical (unpaired) electrons. The molecule has 17 heavy (non-hydrogen) atoms. The van der Waals surface area contributed by atoms with Crippen molar-refractivity contribution in [3.63, 3.8) is 0 Å². The quantitative estimate of drug-likeness (QED) is 0.730. The first-order chi connectivity index (χ1) is 8.15. The fourth-order valence-corrected chi connectivity index (χ4v) is 2.26. The monoisotopic (exact) mass is 227 g/mol. The third-order valence-corrected chi connectivity index (χ3v) is 3.04. The van der Waals surface area contributed by atoms with Gasteiger partial charge in [-0.1, -0.05) is 30.3 Å². The molecule has 0 bridgehead atoms. The smallest absolute Gasteiger partial charge is 0.151 e. The van der Waals surface area contributed by atoms with Gasteiger partial charge >= 0.3 is 0 Å². The molecule has 0 amide bonds. The van der Waals surface area contributed by atoms with Crippen molar-refractivity contribution < 1.29 is 4.79 Å². The zero-order valence-electron chi connectivity index (χ0n) is 10.5. The minimum Gasteiger partial charge on any atom is -0.342 e. The van der Waals surface area contributed by atoms with Gasteiger partial charge in [0, 0.05) is 23.0 Å². The van der Waals surface area contributed by atoms with Crippen molar-refractivity contribution in [2.24, 2.45) is 0 Å². The number of nitrogens with zero attached hydrogens (tertiary/aromatic N) is 1. The lowest BCUT2D eigenvalue weighted by Gasteiger charge is -2.15. The predicted molar refractivity (Wildman–Crippen MR) is 70.4 cm³/mol. The fourth-order valence-electron chi connectivity index (χ4n) is 2.26. The SMILES string of the molecule is Cc1c(C=O)cc(-c2ccccc2)n1C(C)C. The van der Waals surface area contributed by atoms with Gasteiger partial charge in [0.2, 0.25) is 0 Å². The lowest BCUT2D eigenvalue weighted by molar-refractivity contribution is 0.112. The highest BCUT2D eigenvalue weighted by Gasteiger charge is 2.14. The molecule has 88 valence electrons. The number of aldehydes is 1. The molecule has 1 aromatic heterocycles. The van der Waals surface area contributed by atoms with Crippen molar-refractivity contribution in [2.45, 2.75) is 26.8 Å². The zero-order valence-corrected chi connectivity index (χ0v) is 10.5. The standard InChI is InChI=1S/C15H17NO/c1-11(2)16-12(3)14(10-17)9-15(16)13-7-5-4-6-8-13/h4-11H,1-3H3. The first-order valence-electron chi connectivity index (χ1n) is 5.87. The van der Waals surface area contributed by atoms with E-state index in [9.17, 15) is 4.79 Å². The minimum atomic E-state index is 0.346. The topological polar surface area (TPSA) is 22.0 Å². The molecule has 0 N–H and O–H groups in total. The van der Waals surface area contributed by atoms with Crippen LogP contribution in [0.1, 0.15) is 35.9 Å². The summed E-state index contributed by atoms with van der Waals surface area (Å²) in [5.41, 5.74) is 4.07. The summed E-state index contributed by atoms with van der Waals surface area (Å²) in [5.74, 6) is 0. The van der Waals surface area contributed by atoms with Crippen molar-refractivity contribution in [1.82, 2.24) is 4.57 Å². The van der Waals surface area contributed by atoms with E-state index in [2.05, 4.69) is 30.5 Å². The number of aromatic nitrogens is 1. The van der Waals surface area contributed by atoms with Crippen molar-refractivity contribution in [3.8, 4) is 11.3 Å². The van der Waals surface area contributed by atoms with Gasteiger partial charge in [-0.25, -0.2) is 0 Å². The third kappa shape index (κ3) is 2.03. The third-order valence-electron chi connectivity index (χ3n) is 3.04. The number of carbonyl (C=O) groups is 1. The molecular formula is C15H17NO. The summed E-state index contributed by atoms with van der Waals surface area (Å²) in [7, 11) is 0. The molecular weight excluding hydrogens is 210 g/mol. The molecule has 0 aliphatic heterocycles. The second kappa shape index (κ2) is 4.58. The zero-order chi connectivity index (χ0) is 12.4. The molecule has 0 unspecified atom stereocenters. The van der Waals surface area contributed by atoms with Gasteiger partial charge < -0.3 is 4.57 Å². The van der Waals surface area contributed by atoms with Crippen LogP contribution in [0.2, 0.25) is 0 Å². The Morgan fingerprint density at radius 1 is 1.18 bits per heavy atom. The molecule has 0 saturated heterocycles. The first kappa shape index (κ1) is 11.6. The molecule has 0 fully saturated rings. The number of benzene rings is 1. The van der Waals surface area contributed by atoms with Gasteiger partial charge in [0.05, 0.1) is 0 Å². The Morgan fingerprint density at radius 2 is 1.82 bits per heavy atom. The van der Waals surface area contributed by atoms with Crippen LogP contribution in [-0.2, 0) is 0 Å². The van der Waals surface area contributed by atoms with Gasteiger partial charge in [-0.05, 0) is 32.4 Å². The van der Waals surface area contributed by atoms with Crippen LogP contribution in [0, 0.1) is 6.92 Å². The highest BCUT2D eigenvalue weighted by atomic mass is 16.1. The molecule has 2 heteroatoms. The number of hydrogen-bond acceptors (Lipinski definition) is 1. The molecule has 1 heterocycles. The van der Waals surface area contributed by atoms with Gasteiger partial charge in [-0.2, -0.15) is 0 Å². The van der Waals surface area contributed by atoms with Crippen molar-refractivity contribution in [3.05, 3.63) is 47.7 Å². The maximum Gasteiger partial charge on any atom is 0.151 e. The molecule has 0 spiro atoms. The minimum absolute atomic E-state index is 0.346. The first-order valence-corrected chi connectivity index (χ1v) is 5.87. The van der Waals surface area contributed by atoms with Crippen LogP contribution in [0.4, 0.5) is 0 Å². The van der Waals surface area contributed by atoms with Gasteiger partial charge in [0.15, 0.2) is 6.29 Å². The Bertz CT molecular complexity index is 523. The predicted octanol–water partition coefficient (Wildman–Crippen LogP) is 3.86. The lowest BCUT2D eigenvalue weighted by atomic mass is 10.1. The fraction of sp³-hybridized carbons (Fsp3) is 0.267. The molecule has 2 rings (SSSR count). The van der Waals surface area contributed by atoms with E-state index >= 15 is 0 Å². The molecule has 1 aromatic carbocycles. The molecule has 2 aromatic rings. The number of hydrogen-bond donors (Lipinski definition) is 0. The summed E-state index contributed by atoms with van der Waals surface area (Å²) >= 11 is 0. The van der Waals surface area contributed by atoms with Crippen LogP contribution in [0.3, 0.4) is 0 Å². The summed E-state index contributed by atoms with van der Waals surface area (Å²) in [5, 5.41) is 0. The molecule has 0 aliphatic rings. The van der Waals surface area contributed by atoms with E-state index in [0.29, 0.717) is 6.04 Å². The number of carbonyl (C=O) groups excluding carboxylic acids is 1. The molecule has 2 nitrogen and oxygen atoms in total. The van der Waals surface area contributed by atoms with Crippen LogP contribution in [0.25, 0.3) is 11.3 Å². The van der Waals surface area contributed by atoms with Crippen molar-refractivity contribution in [1.29, 1.82) is 0 Å². The average molecular weight is 227 g/mol. The normalized spacial score (nSPS) is 10.8. The Kier molecular flexibility index (Phi) is 3.14. The molecule has 0 atom stereocenters. The van der Waals surface area contributed by atoms with Gasteiger partial charge in [0.25, 0.3) is 0 Å². The summed E-state index contributed by atoms with van der Waals surface area (Å²) in [6.07, 6.45) is 0.931. The van der Waals surface area contributed by atoms with Gasteiger partial charge in [0.1, 0.15) is 0 Å². The second-order valence-corrected chi connectivity index (χ2v) is 4.52. The maximum absolute atomic E-state index is 11.0. The lowest BCUT2D eigenvalue weighted by Crippen LogP contribution is -2.05. The summed E-state index contributed by atoms with van der Waals surface area (Å²) in [6.45, 7) is 6.26. The van der Waals surface area contributed by atoms with E-state index in [0.717, 1.165) is 28.8 Å². The van der Waals surface area contributed by atoms with E-state index in [1.54, 1.807) is 0 Å². The van der Waals surface area contributed by atoms with E-state index < -0.39 is 0 Å². The summed E-state index contributed by atoms with van der Waals surface area (Å²) in [6, 6.07) is 12.5. The van der Waals surface area contributed by atoms with Crippen LogP contribution in [-0.4, -0.2) is 10.9 Å². The summed E-state index contributed by atoms with van der Waals surface area (Å²) in [4.78, 5) is 11.0. The molecule has 0 aliphatic carbocycles. The summed E-state index contributed by atoms with van der Waals surface area (Å²) < 4.78 is 2.21. The van der Waals surface area contributed by atoms with Crippen molar-refractivity contribution in [2.75, 3.05) is 0 Å². The van der Waals surface area contributed by atoms with E-state index in [4.69, 9.17) is 0 Å². The van der Waals surface area contributed by atoms with Gasteiger partial charge in [-0.3, -0.25) is 4.79 Å². The van der Waals surface area contributed by atoms with Gasteiger partial charge in [-0.15, -0.1) is 0 Å². The largest absolute Gasteiger partial charge is 0.342 e. The Morgan fingerprint density at radius 3 is 2.35 bits per heavy atom. The van der Waals surface area contributed by atoms with E-state index in [1.165, 1.54) is 0 Å². The van der Waals surface area contributed by atoms with E-state index in [-0.39, 0.29) is 0 Å². The number of rotatable bonds is 3. The second-order valence-electron chi connectivity index (χ2n) is 4.52.